The van der Waals surface area contributed by atoms with E-state index in [1.54, 1.807) is 37.6 Å². The number of nitrogens with two attached hydrogens (primary N) is 1. The Hall–Kier alpha value is -2.80. The van der Waals surface area contributed by atoms with Crippen molar-refractivity contribution in [3.8, 4) is 0 Å². The number of hydrogen-bond acceptors (Lipinski definition) is 5. The van der Waals surface area contributed by atoms with Crippen LogP contribution in [0.15, 0.2) is 36.8 Å². The highest BCUT2D eigenvalue weighted by molar-refractivity contribution is 5.79. The zero-order chi connectivity index (χ0) is 20.5. The van der Waals surface area contributed by atoms with Crippen molar-refractivity contribution < 1.29 is 4.79 Å². The minimum absolute atomic E-state index is 0.248. The summed E-state index contributed by atoms with van der Waals surface area (Å²) >= 11 is 0. The predicted molar refractivity (Wildman–Crippen MR) is 109 cm³/mol. The number of rotatable bonds is 1. The minimum Gasteiger partial charge on any atom is -0.333 e. The first-order chi connectivity index (χ1) is 12.6. The summed E-state index contributed by atoms with van der Waals surface area (Å²) in [5.41, 5.74) is 7.62. The average Bonchev–Trinajstić information content (AvgIpc) is 3.20. The van der Waals surface area contributed by atoms with E-state index in [2.05, 4.69) is 20.9 Å². The molecular formula is C19H32N6O. The van der Waals surface area contributed by atoms with E-state index in [4.69, 9.17) is 5.41 Å². The molecule has 0 unspecified atom stereocenters. The monoisotopic (exact) mass is 360 g/mol. The van der Waals surface area contributed by atoms with Crippen LogP contribution in [0.2, 0.25) is 0 Å². The molecule has 0 aliphatic heterocycles. The van der Waals surface area contributed by atoms with Crippen molar-refractivity contribution in [3.63, 3.8) is 0 Å². The van der Waals surface area contributed by atoms with Gasteiger partial charge in [-0.15, -0.1) is 0 Å². The molecular weight excluding hydrogens is 328 g/mol. The summed E-state index contributed by atoms with van der Waals surface area (Å²) in [7, 11) is 1.50. The first-order valence-electron chi connectivity index (χ1n) is 8.63. The lowest BCUT2D eigenvalue weighted by Gasteiger charge is -1.96. The quantitative estimate of drug-likeness (QED) is 0.578. The van der Waals surface area contributed by atoms with Crippen LogP contribution in [0.3, 0.4) is 0 Å². The molecule has 3 rings (SSSR count). The van der Waals surface area contributed by atoms with Gasteiger partial charge in [-0.3, -0.25) is 24.9 Å². The number of nitrogens with zero attached hydrogens (tertiary/aromatic N) is 3. The SMILES string of the molecule is CC.CC.CN.Cc1cccn(C=O)c1=N.Cc1nccc2[nH]ncc12. The molecule has 0 spiro atoms. The van der Waals surface area contributed by atoms with Crippen molar-refractivity contribution in [1.29, 1.82) is 5.41 Å². The van der Waals surface area contributed by atoms with Gasteiger partial charge in [0.1, 0.15) is 5.49 Å². The van der Waals surface area contributed by atoms with Crippen LogP contribution in [0.4, 0.5) is 0 Å². The summed E-state index contributed by atoms with van der Waals surface area (Å²) in [4.78, 5) is 14.3. The van der Waals surface area contributed by atoms with Gasteiger partial charge in [0.05, 0.1) is 11.7 Å². The summed E-state index contributed by atoms with van der Waals surface area (Å²) in [6.07, 6.45) is 5.74. The largest absolute Gasteiger partial charge is 0.333 e. The van der Waals surface area contributed by atoms with Crippen LogP contribution >= 0.6 is 0 Å². The van der Waals surface area contributed by atoms with Gasteiger partial charge >= 0.3 is 0 Å². The summed E-state index contributed by atoms with van der Waals surface area (Å²) in [5, 5.41) is 15.2. The van der Waals surface area contributed by atoms with Crippen LogP contribution in [0.1, 0.15) is 39.0 Å². The second-order valence-corrected chi connectivity index (χ2v) is 4.28. The molecule has 3 aromatic heterocycles. The topological polar surface area (TPSA) is 113 Å². The Morgan fingerprint density at radius 1 is 1.15 bits per heavy atom. The highest BCUT2D eigenvalue weighted by Gasteiger charge is 1.96. The van der Waals surface area contributed by atoms with Gasteiger partial charge in [-0.25, -0.2) is 0 Å². The molecule has 4 N–H and O–H groups in total. The van der Waals surface area contributed by atoms with Crippen LogP contribution in [-0.2, 0) is 4.79 Å². The van der Waals surface area contributed by atoms with Crippen LogP contribution in [0, 0.1) is 19.3 Å². The molecule has 0 aromatic carbocycles. The fourth-order valence-electron chi connectivity index (χ4n) is 1.73. The predicted octanol–water partition coefficient (Wildman–Crippen LogP) is 3.21. The smallest absolute Gasteiger partial charge is 0.219 e. The third-order valence-electron chi connectivity index (χ3n) is 2.91. The lowest BCUT2D eigenvalue weighted by molar-refractivity contribution is 0.544. The fraction of sp³-hybridized carbons (Fsp3) is 0.368. The lowest BCUT2D eigenvalue weighted by atomic mass is 10.3. The molecule has 7 nitrogen and oxygen atoms in total. The van der Waals surface area contributed by atoms with Gasteiger partial charge < -0.3 is 5.73 Å². The number of aryl methyl sites for hydroxylation is 2. The van der Waals surface area contributed by atoms with E-state index in [9.17, 15) is 4.79 Å². The van der Waals surface area contributed by atoms with Crippen molar-refractivity contribution in [2.24, 2.45) is 5.73 Å². The van der Waals surface area contributed by atoms with Gasteiger partial charge in [0.2, 0.25) is 6.41 Å². The van der Waals surface area contributed by atoms with E-state index in [-0.39, 0.29) is 5.49 Å². The normalized spacial score (nSPS) is 8.31. The van der Waals surface area contributed by atoms with Gasteiger partial charge in [-0.05, 0) is 38.6 Å². The number of nitrogens with one attached hydrogen (secondary N) is 2. The van der Waals surface area contributed by atoms with Gasteiger partial charge in [0.15, 0.2) is 0 Å². The zero-order valence-electron chi connectivity index (χ0n) is 16.9. The number of H-pyrrole nitrogens is 1. The number of fused-ring (bicyclic) bond motifs is 1. The second kappa shape index (κ2) is 15.7. The highest BCUT2D eigenvalue weighted by atomic mass is 16.1. The number of carbonyl (C=O) groups excluding carboxylic acids is 1. The summed E-state index contributed by atoms with van der Waals surface area (Å²) in [6.45, 7) is 11.8. The number of aromatic amines is 1. The molecule has 0 fully saturated rings. The molecule has 7 heteroatoms. The minimum atomic E-state index is 0.248. The van der Waals surface area contributed by atoms with Crippen molar-refractivity contribution in [2.75, 3.05) is 7.05 Å². The van der Waals surface area contributed by atoms with E-state index >= 15 is 0 Å². The average molecular weight is 361 g/mol. The Bertz CT molecular complexity index is 792. The molecule has 3 aromatic rings. The maximum absolute atomic E-state index is 10.2. The van der Waals surface area contributed by atoms with Gasteiger partial charge in [0.25, 0.3) is 0 Å². The highest BCUT2D eigenvalue weighted by Crippen LogP contribution is 2.10. The maximum Gasteiger partial charge on any atom is 0.219 e. The van der Waals surface area contributed by atoms with E-state index in [1.165, 1.54) is 11.6 Å². The molecule has 3 heterocycles. The number of hydrogen-bond donors (Lipinski definition) is 3. The molecule has 0 saturated carbocycles. The number of aromatic nitrogens is 4. The third-order valence-corrected chi connectivity index (χ3v) is 2.91. The Labute approximate surface area is 155 Å². The zero-order valence-corrected chi connectivity index (χ0v) is 16.9. The first kappa shape index (κ1) is 25.4. The third kappa shape index (κ3) is 7.85. The standard InChI is InChI=1S/C7H7N3.C7H8N2O.2C2H6.CH5N/c1-5-6-4-9-10-7(6)2-3-8-5;1-6-3-2-4-9(5-10)7(6)8;3*1-2/h2-4H,1H3,(H,9,10);2-5,8H,1H3;2*1-2H3;2H2,1H3. The van der Waals surface area contributed by atoms with Gasteiger partial charge in [0, 0.05) is 23.5 Å². The number of pyridine rings is 2. The Kier molecular flexibility index (Phi) is 15.4. The summed E-state index contributed by atoms with van der Waals surface area (Å²) < 4.78 is 1.23. The molecule has 0 saturated heterocycles. The Morgan fingerprint density at radius 2 is 1.77 bits per heavy atom. The molecule has 0 aliphatic carbocycles. The van der Waals surface area contributed by atoms with E-state index in [0.717, 1.165) is 22.2 Å². The van der Waals surface area contributed by atoms with Gasteiger partial charge in [-0.1, -0.05) is 33.8 Å². The lowest BCUT2D eigenvalue weighted by Crippen LogP contribution is -2.20. The van der Waals surface area contributed by atoms with Crippen LogP contribution in [0.25, 0.3) is 10.9 Å². The molecule has 0 atom stereocenters. The molecule has 26 heavy (non-hydrogen) atoms. The van der Waals surface area contributed by atoms with Crippen molar-refractivity contribution in [1.82, 2.24) is 19.7 Å². The molecule has 0 aliphatic rings. The van der Waals surface area contributed by atoms with Gasteiger partial charge in [-0.2, -0.15) is 5.10 Å². The van der Waals surface area contributed by atoms with E-state index in [0.29, 0.717) is 6.41 Å². The number of carbonyl (C=O) groups is 1. The van der Waals surface area contributed by atoms with E-state index in [1.807, 2.05) is 40.7 Å². The van der Waals surface area contributed by atoms with Crippen LogP contribution in [-0.4, -0.2) is 33.2 Å². The molecule has 0 bridgehead atoms. The summed E-state index contributed by atoms with van der Waals surface area (Å²) in [6, 6.07) is 5.44. The van der Waals surface area contributed by atoms with Crippen molar-refractivity contribution >= 4 is 17.3 Å². The van der Waals surface area contributed by atoms with Crippen LogP contribution < -0.4 is 11.2 Å². The fourth-order valence-corrected chi connectivity index (χ4v) is 1.73. The van der Waals surface area contributed by atoms with Crippen molar-refractivity contribution in [3.05, 3.63) is 53.5 Å². The Balaban J connectivity index is 0. The summed E-state index contributed by atoms with van der Waals surface area (Å²) in [5.74, 6) is 0. The second-order valence-electron chi connectivity index (χ2n) is 4.28. The molecule has 144 valence electrons. The van der Waals surface area contributed by atoms with Crippen molar-refractivity contribution in [2.45, 2.75) is 41.5 Å². The molecule has 0 amide bonds. The van der Waals surface area contributed by atoms with Crippen LogP contribution in [0.5, 0.6) is 0 Å². The van der Waals surface area contributed by atoms with E-state index < -0.39 is 0 Å². The first-order valence-corrected chi connectivity index (χ1v) is 8.63. The molecule has 0 radical (unpaired) electrons. The maximum atomic E-state index is 10.2. The Morgan fingerprint density at radius 3 is 2.27 bits per heavy atom.